The normalized spacial score (nSPS) is 12.8. The molecular formula is C20H16N2OS. The predicted molar refractivity (Wildman–Crippen MR) is 101 cm³/mol. The van der Waals surface area contributed by atoms with Crippen LogP contribution >= 0.6 is 11.9 Å². The molecule has 0 saturated heterocycles. The summed E-state index contributed by atoms with van der Waals surface area (Å²) in [6.45, 7) is 0. The Hall–Kier alpha value is -2.85. The molecule has 0 atom stereocenters. The van der Waals surface area contributed by atoms with E-state index in [0.717, 1.165) is 22.9 Å². The predicted octanol–water partition coefficient (Wildman–Crippen LogP) is 5.80. The highest BCUT2D eigenvalue weighted by atomic mass is 32.2. The minimum atomic E-state index is 0.881. The third-order valence-corrected chi connectivity index (χ3v) is 4.53. The number of ether oxygens (including phenoxy) is 1. The summed E-state index contributed by atoms with van der Waals surface area (Å²) in [5.41, 5.74) is 3.34. The maximum absolute atomic E-state index is 5.71. The third kappa shape index (κ3) is 3.09. The Balaban J connectivity index is 0.000000129. The minimum Gasteiger partial charge on any atom is -0.453 e. The van der Waals surface area contributed by atoms with Crippen molar-refractivity contribution in [3.05, 3.63) is 84.6 Å². The number of nitrogens with one attached hydrogen (secondary N) is 2. The second-order valence-electron chi connectivity index (χ2n) is 5.31. The van der Waals surface area contributed by atoms with Gasteiger partial charge in [-0.1, -0.05) is 42.5 Å². The molecule has 0 radical (unpaired) electrons. The molecule has 2 N–H and O–H groups in total. The number of para-hydroxylation sites is 4. The Morgan fingerprint density at radius 3 is 2.04 bits per heavy atom. The van der Waals surface area contributed by atoms with Crippen molar-refractivity contribution in [2.24, 2.45) is 0 Å². The van der Waals surface area contributed by atoms with Gasteiger partial charge < -0.3 is 14.8 Å². The van der Waals surface area contributed by atoms with Crippen molar-refractivity contribution < 1.29 is 4.74 Å². The fourth-order valence-corrected chi connectivity index (χ4v) is 3.18. The maximum Gasteiger partial charge on any atom is 0.150 e. The van der Waals surface area contributed by atoms with E-state index < -0.39 is 0 Å². The first kappa shape index (κ1) is 14.7. The highest BCUT2D eigenvalue weighted by molar-refractivity contribution is 7.97. The van der Waals surface area contributed by atoms with Gasteiger partial charge in [0.25, 0.3) is 0 Å². The van der Waals surface area contributed by atoms with Crippen molar-refractivity contribution in [3.8, 4) is 11.5 Å². The Kier molecular flexibility index (Phi) is 4.13. The lowest BCUT2D eigenvalue weighted by atomic mass is 10.2. The number of rotatable bonds is 0. The average Bonchev–Trinajstić information content (AvgIpc) is 2.67. The van der Waals surface area contributed by atoms with E-state index in [0.29, 0.717) is 0 Å². The van der Waals surface area contributed by atoms with Gasteiger partial charge in [0.05, 0.1) is 11.4 Å². The van der Waals surface area contributed by atoms with Crippen LogP contribution in [0.4, 0.5) is 11.4 Å². The molecular weight excluding hydrogens is 316 g/mol. The Bertz CT molecular complexity index is 805. The van der Waals surface area contributed by atoms with Crippen LogP contribution in [0.2, 0.25) is 0 Å². The van der Waals surface area contributed by atoms with Gasteiger partial charge in [-0.15, -0.1) is 0 Å². The first-order valence-electron chi connectivity index (χ1n) is 7.71. The van der Waals surface area contributed by atoms with Gasteiger partial charge >= 0.3 is 0 Å². The standard InChI is InChI=1S/C12H9NO.C8H7NS/c1-3-7-11-9(5-1)13-10-6-2-4-8-12(10)14-11;1-2-4-8-7(3-1)5-6-9-10-8/h1-8,13H;1-6,9H. The maximum atomic E-state index is 5.71. The zero-order chi connectivity index (χ0) is 16.2. The van der Waals surface area contributed by atoms with Crippen molar-refractivity contribution in [1.29, 1.82) is 0 Å². The van der Waals surface area contributed by atoms with Crippen LogP contribution < -0.4 is 14.8 Å². The summed E-state index contributed by atoms with van der Waals surface area (Å²) in [5.74, 6) is 1.76. The zero-order valence-electron chi connectivity index (χ0n) is 12.9. The lowest BCUT2D eigenvalue weighted by Gasteiger charge is -2.20. The molecule has 5 rings (SSSR count). The number of hydrogen-bond acceptors (Lipinski definition) is 4. The topological polar surface area (TPSA) is 33.3 Å². The molecule has 3 aromatic rings. The fourth-order valence-electron chi connectivity index (χ4n) is 2.51. The Labute approximate surface area is 145 Å². The van der Waals surface area contributed by atoms with E-state index in [1.54, 1.807) is 11.9 Å². The number of hydrogen-bond donors (Lipinski definition) is 2. The summed E-state index contributed by atoms with van der Waals surface area (Å²) in [4.78, 5) is 1.30. The van der Waals surface area contributed by atoms with Crippen LogP contribution in [-0.2, 0) is 0 Å². The molecule has 0 amide bonds. The lowest BCUT2D eigenvalue weighted by Crippen LogP contribution is -2.01. The second kappa shape index (κ2) is 6.72. The molecule has 0 saturated carbocycles. The summed E-state index contributed by atoms with van der Waals surface area (Å²) >= 11 is 1.65. The summed E-state index contributed by atoms with van der Waals surface area (Å²) in [5, 5.41) is 3.32. The van der Waals surface area contributed by atoms with Crippen LogP contribution in [0.15, 0.2) is 83.9 Å². The number of benzene rings is 3. The molecule has 0 aromatic heterocycles. The van der Waals surface area contributed by atoms with Crippen LogP contribution in [-0.4, -0.2) is 0 Å². The van der Waals surface area contributed by atoms with Gasteiger partial charge in [0, 0.05) is 11.1 Å². The van der Waals surface area contributed by atoms with E-state index in [1.807, 2.05) is 60.8 Å². The molecule has 3 aromatic carbocycles. The molecule has 4 heteroatoms. The summed E-state index contributed by atoms with van der Waals surface area (Å²) in [6, 6.07) is 24.2. The average molecular weight is 332 g/mol. The van der Waals surface area contributed by atoms with E-state index in [1.165, 1.54) is 10.5 Å². The van der Waals surface area contributed by atoms with Crippen LogP contribution in [0.25, 0.3) is 6.08 Å². The molecule has 0 aliphatic carbocycles. The molecule has 0 unspecified atom stereocenters. The molecule has 3 nitrogen and oxygen atoms in total. The van der Waals surface area contributed by atoms with Crippen molar-refractivity contribution in [2.75, 3.05) is 5.32 Å². The van der Waals surface area contributed by atoms with E-state index in [9.17, 15) is 0 Å². The third-order valence-electron chi connectivity index (χ3n) is 3.68. The molecule has 2 heterocycles. The molecule has 0 fully saturated rings. The number of fused-ring (bicyclic) bond motifs is 3. The molecule has 2 aliphatic heterocycles. The zero-order valence-corrected chi connectivity index (χ0v) is 13.7. The van der Waals surface area contributed by atoms with Crippen molar-refractivity contribution in [1.82, 2.24) is 4.72 Å². The van der Waals surface area contributed by atoms with Gasteiger partial charge in [0.15, 0.2) is 11.5 Å². The van der Waals surface area contributed by atoms with Crippen LogP contribution in [0.1, 0.15) is 5.56 Å². The van der Waals surface area contributed by atoms with Gasteiger partial charge in [0.2, 0.25) is 0 Å². The minimum absolute atomic E-state index is 0.881. The van der Waals surface area contributed by atoms with Crippen molar-refractivity contribution in [2.45, 2.75) is 4.90 Å². The van der Waals surface area contributed by atoms with Gasteiger partial charge in [-0.25, -0.2) is 0 Å². The monoisotopic (exact) mass is 332 g/mol. The summed E-state index contributed by atoms with van der Waals surface area (Å²) in [7, 11) is 0. The van der Waals surface area contributed by atoms with E-state index in [2.05, 4.69) is 34.3 Å². The largest absolute Gasteiger partial charge is 0.453 e. The smallest absolute Gasteiger partial charge is 0.150 e. The highest BCUT2D eigenvalue weighted by Crippen LogP contribution is 2.40. The SMILES string of the molecule is C1=Cc2ccccc2SN1.c1ccc2c(c1)Nc1ccccc1O2. The van der Waals surface area contributed by atoms with Gasteiger partial charge in [-0.2, -0.15) is 0 Å². The van der Waals surface area contributed by atoms with Crippen LogP contribution in [0.5, 0.6) is 11.5 Å². The van der Waals surface area contributed by atoms with Crippen LogP contribution in [0, 0.1) is 0 Å². The quantitative estimate of drug-likeness (QED) is 0.399. The van der Waals surface area contributed by atoms with E-state index in [4.69, 9.17) is 4.74 Å². The second-order valence-corrected chi connectivity index (χ2v) is 6.19. The molecule has 118 valence electrons. The first-order chi connectivity index (χ1) is 11.9. The molecule has 24 heavy (non-hydrogen) atoms. The highest BCUT2D eigenvalue weighted by Gasteiger charge is 2.13. The fraction of sp³-hybridized carbons (Fsp3) is 0. The van der Waals surface area contributed by atoms with E-state index in [-0.39, 0.29) is 0 Å². The molecule has 2 aliphatic rings. The van der Waals surface area contributed by atoms with Gasteiger partial charge in [0.1, 0.15) is 0 Å². The van der Waals surface area contributed by atoms with Gasteiger partial charge in [-0.05, 0) is 53.9 Å². The molecule has 0 spiro atoms. The van der Waals surface area contributed by atoms with Crippen molar-refractivity contribution >= 4 is 29.4 Å². The molecule has 0 bridgehead atoms. The summed E-state index contributed by atoms with van der Waals surface area (Å²) in [6.07, 6.45) is 4.03. The Morgan fingerprint density at radius 1 is 0.708 bits per heavy atom. The summed E-state index contributed by atoms with van der Waals surface area (Å²) < 4.78 is 8.79. The number of anilines is 2. The first-order valence-corrected chi connectivity index (χ1v) is 8.53. The van der Waals surface area contributed by atoms with Gasteiger partial charge in [-0.3, -0.25) is 0 Å². The lowest BCUT2D eigenvalue weighted by molar-refractivity contribution is 0.481. The Morgan fingerprint density at radius 2 is 1.33 bits per heavy atom. The van der Waals surface area contributed by atoms with E-state index >= 15 is 0 Å². The van der Waals surface area contributed by atoms with Crippen LogP contribution in [0.3, 0.4) is 0 Å². The van der Waals surface area contributed by atoms with Crippen molar-refractivity contribution in [3.63, 3.8) is 0 Å².